The summed E-state index contributed by atoms with van der Waals surface area (Å²) in [7, 11) is -3.50. The van der Waals surface area contributed by atoms with Gasteiger partial charge in [0.2, 0.25) is 11.9 Å². The molecule has 10 heteroatoms. The van der Waals surface area contributed by atoms with Crippen LogP contribution in [0.2, 0.25) is 0 Å². The molecule has 0 unspecified atom stereocenters. The van der Waals surface area contributed by atoms with E-state index in [9.17, 15) is 13.2 Å². The van der Waals surface area contributed by atoms with Crippen LogP contribution in [-0.4, -0.2) is 72.8 Å². The lowest BCUT2D eigenvalue weighted by Crippen LogP contribution is -2.53. The number of hydrogen-bond acceptors (Lipinski definition) is 7. The smallest absolute Gasteiger partial charge is 0.252 e. The van der Waals surface area contributed by atoms with Crippen LogP contribution in [0.25, 0.3) is 0 Å². The van der Waals surface area contributed by atoms with E-state index in [2.05, 4.69) is 14.9 Å². The highest BCUT2D eigenvalue weighted by Gasteiger charge is 2.36. The van der Waals surface area contributed by atoms with E-state index >= 15 is 0 Å². The van der Waals surface area contributed by atoms with E-state index in [1.807, 2.05) is 4.90 Å². The zero-order valence-corrected chi connectivity index (χ0v) is 17.1. The van der Waals surface area contributed by atoms with Gasteiger partial charge in [-0.2, -0.15) is 4.31 Å². The number of sulfonamides is 1. The zero-order chi connectivity index (χ0) is 19.6. The Morgan fingerprint density at radius 1 is 1.07 bits per heavy atom. The number of aromatic nitrogens is 2. The van der Waals surface area contributed by atoms with Crippen molar-refractivity contribution < 1.29 is 13.2 Å². The first-order chi connectivity index (χ1) is 13.6. The lowest BCUT2D eigenvalue weighted by Gasteiger charge is -2.38. The maximum Gasteiger partial charge on any atom is 0.252 e. The van der Waals surface area contributed by atoms with E-state index in [-0.39, 0.29) is 18.4 Å². The van der Waals surface area contributed by atoms with Crippen LogP contribution in [-0.2, 0) is 14.8 Å². The van der Waals surface area contributed by atoms with Crippen molar-refractivity contribution in [2.24, 2.45) is 5.92 Å². The molecule has 28 heavy (non-hydrogen) atoms. The molecule has 0 aromatic carbocycles. The highest BCUT2D eigenvalue weighted by Crippen LogP contribution is 2.27. The molecule has 1 amide bonds. The second-order valence-electron chi connectivity index (χ2n) is 7.00. The van der Waals surface area contributed by atoms with Crippen molar-refractivity contribution >= 4 is 33.2 Å². The van der Waals surface area contributed by atoms with Gasteiger partial charge < -0.3 is 9.80 Å². The molecule has 4 rings (SSSR count). The van der Waals surface area contributed by atoms with Crippen molar-refractivity contribution in [3.05, 3.63) is 36.0 Å². The molecular weight excluding hydrogens is 398 g/mol. The third kappa shape index (κ3) is 3.89. The number of carbonyl (C=O) groups is 1. The summed E-state index contributed by atoms with van der Waals surface area (Å²) in [5.74, 6) is 0.461. The summed E-state index contributed by atoms with van der Waals surface area (Å²) in [5, 5.41) is 1.76. The summed E-state index contributed by atoms with van der Waals surface area (Å²) < 4.78 is 27.4. The number of rotatable bonds is 4. The molecule has 2 saturated heterocycles. The molecule has 1 atom stereocenters. The van der Waals surface area contributed by atoms with E-state index in [1.54, 1.807) is 36.0 Å². The van der Waals surface area contributed by atoms with Gasteiger partial charge in [-0.15, -0.1) is 11.3 Å². The molecule has 2 aromatic rings. The average Bonchev–Trinajstić information content (AvgIpc) is 3.30. The monoisotopic (exact) mass is 421 g/mol. The van der Waals surface area contributed by atoms with E-state index in [0.29, 0.717) is 49.3 Å². The summed E-state index contributed by atoms with van der Waals surface area (Å²) in [4.78, 5) is 25.5. The molecule has 2 aliphatic heterocycles. The summed E-state index contributed by atoms with van der Waals surface area (Å²) in [6.45, 7) is 3.31. The zero-order valence-electron chi connectivity index (χ0n) is 15.5. The Kier molecular flexibility index (Phi) is 5.61. The molecule has 0 bridgehead atoms. The van der Waals surface area contributed by atoms with Gasteiger partial charge in [0.05, 0.1) is 5.92 Å². The standard InChI is InChI=1S/C18H23N5O3S2/c24-17(21-9-11-22(12-10-21)18-19-6-3-7-20-18)15-4-1-8-23(14-15)28(25,26)16-5-2-13-27-16/h2-3,5-7,13,15H,1,4,8-12,14H2/t15-/m0/s1. The van der Waals surface area contributed by atoms with Crippen LogP contribution in [0.3, 0.4) is 0 Å². The SMILES string of the molecule is O=C([C@H]1CCCN(S(=O)(=O)c2cccs2)C1)N1CCN(c2ncccn2)CC1. The number of anilines is 1. The van der Waals surface area contributed by atoms with Crippen LogP contribution >= 0.6 is 11.3 Å². The van der Waals surface area contributed by atoms with Gasteiger partial charge in [-0.1, -0.05) is 6.07 Å². The Morgan fingerprint density at radius 3 is 2.50 bits per heavy atom. The Labute approximate surface area is 168 Å². The summed E-state index contributed by atoms with van der Waals surface area (Å²) in [6, 6.07) is 5.14. The fourth-order valence-corrected chi connectivity index (χ4v) is 6.41. The average molecular weight is 422 g/mol. The Morgan fingerprint density at radius 2 is 1.82 bits per heavy atom. The molecule has 0 radical (unpaired) electrons. The maximum absolute atomic E-state index is 13.0. The second kappa shape index (κ2) is 8.14. The first kappa shape index (κ1) is 19.3. The third-order valence-electron chi connectivity index (χ3n) is 5.25. The van der Waals surface area contributed by atoms with Crippen molar-refractivity contribution in [3.8, 4) is 0 Å². The molecule has 0 saturated carbocycles. The highest BCUT2D eigenvalue weighted by atomic mass is 32.2. The molecule has 2 fully saturated rings. The van der Waals surface area contributed by atoms with Gasteiger partial charge in [0.15, 0.2) is 0 Å². The van der Waals surface area contributed by atoms with Crippen molar-refractivity contribution in [2.75, 3.05) is 44.2 Å². The van der Waals surface area contributed by atoms with Gasteiger partial charge in [-0.05, 0) is 30.4 Å². The summed E-state index contributed by atoms with van der Waals surface area (Å²) in [5.41, 5.74) is 0. The number of piperazine rings is 1. The normalized spacial score (nSPS) is 21.6. The van der Waals surface area contributed by atoms with Gasteiger partial charge in [0.25, 0.3) is 10.0 Å². The number of amides is 1. The van der Waals surface area contributed by atoms with Crippen LogP contribution in [0.4, 0.5) is 5.95 Å². The van der Waals surface area contributed by atoms with Crippen LogP contribution in [0.1, 0.15) is 12.8 Å². The fourth-order valence-electron chi connectivity index (χ4n) is 3.74. The van der Waals surface area contributed by atoms with Crippen LogP contribution < -0.4 is 4.90 Å². The molecule has 150 valence electrons. The Bertz CT molecular complexity index is 897. The molecule has 0 aliphatic carbocycles. The van der Waals surface area contributed by atoms with Crippen LogP contribution in [0.15, 0.2) is 40.2 Å². The minimum Gasteiger partial charge on any atom is -0.339 e. The predicted octanol–water partition coefficient (Wildman–Crippen LogP) is 1.29. The lowest BCUT2D eigenvalue weighted by atomic mass is 9.98. The van der Waals surface area contributed by atoms with Gasteiger partial charge in [-0.3, -0.25) is 4.79 Å². The summed E-state index contributed by atoms with van der Waals surface area (Å²) >= 11 is 1.22. The van der Waals surface area contributed by atoms with Gasteiger partial charge >= 0.3 is 0 Å². The van der Waals surface area contributed by atoms with Crippen LogP contribution in [0, 0.1) is 5.92 Å². The minimum absolute atomic E-state index is 0.0553. The molecule has 2 aromatic heterocycles. The van der Waals surface area contributed by atoms with E-state index < -0.39 is 10.0 Å². The van der Waals surface area contributed by atoms with Crippen molar-refractivity contribution in [1.82, 2.24) is 19.2 Å². The van der Waals surface area contributed by atoms with Crippen LogP contribution in [0.5, 0.6) is 0 Å². The Hall–Kier alpha value is -2.04. The van der Waals surface area contributed by atoms with Crippen molar-refractivity contribution in [2.45, 2.75) is 17.1 Å². The molecule has 0 spiro atoms. The second-order valence-corrected chi connectivity index (χ2v) is 10.1. The number of piperidine rings is 1. The number of nitrogens with zero attached hydrogens (tertiary/aromatic N) is 5. The number of hydrogen-bond donors (Lipinski definition) is 0. The quantitative estimate of drug-likeness (QED) is 0.739. The summed E-state index contributed by atoms with van der Waals surface area (Å²) in [6.07, 6.45) is 4.87. The van der Waals surface area contributed by atoms with Gasteiger partial charge in [-0.25, -0.2) is 18.4 Å². The topological polar surface area (TPSA) is 86.7 Å². The number of thiophene rings is 1. The highest BCUT2D eigenvalue weighted by molar-refractivity contribution is 7.91. The van der Waals surface area contributed by atoms with Crippen molar-refractivity contribution in [1.29, 1.82) is 0 Å². The van der Waals surface area contributed by atoms with E-state index in [0.717, 1.165) is 6.42 Å². The fraction of sp³-hybridized carbons (Fsp3) is 0.500. The molecular formula is C18H23N5O3S2. The Balaban J connectivity index is 1.37. The first-order valence-electron chi connectivity index (χ1n) is 9.40. The molecule has 0 N–H and O–H groups in total. The lowest BCUT2D eigenvalue weighted by molar-refractivity contribution is -0.137. The first-order valence-corrected chi connectivity index (χ1v) is 11.7. The maximum atomic E-state index is 13.0. The third-order valence-corrected chi connectivity index (χ3v) is 8.49. The predicted molar refractivity (Wildman–Crippen MR) is 107 cm³/mol. The van der Waals surface area contributed by atoms with Crippen molar-refractivity contribution in [3.63, 3.8) is 0 Å². The van der Waals surface area contributed by atoms with E-state index in [1.165, 1.54) is 15.6 Å². The minimum atomic E-state index is -3.50. The van der Waals surface area contributed by atoms with E-state index in [4.69, 9.17) is 0 Å². The molecule has 8 nitrogen and oxygen atoms in total. The number of carbonyl (C=O) groups excluding carboxylic acids is 1. The molecule has 2 aliphatic rings. The largest absolute Gasteiger partial charge is 0.339 e. The van der Waals surface area contributed by atoms with Gasteiger partial charge in [0.1, 0.15) is 4.21 Å². The van der Waals surface area contributed by atoms with Gasteiger partial charge in [0, 0.05) is 51.7 Å². The molecule has 4 heterocycles.